The van der Waals surface area contributed by atoms with E-state index in [-0.39, 0.29) is 17.6 Å². The van der Waals surface area contributed by atoms with Crippen molar-refractivity contribution in [2.75, 3.05) is 12.9 Å². The lowest BCUT2D eigenvalue weighted by Gasteiger charge is -2.38. The normalized spacial score (nSPS) is 17.4. The highest BCUT2D eigenvalue weighted by atomic mass is 35.5. The zero-order valence-electron chi connectivity index (χ0n) is 16.5. The summed E-state index contributed by atoms with van der Waals surface area (Å²) in [7, 11) is 1.64. The van der Waals surface area contributed by atoms with Gasteiger partial charge in [-0.15, -0.1) is 11.8 Å². The van der Waals surface area contributed by atoms with Crippen LogP contribution in [0.3, 0.4) is 0 Å². The summed E-state index contributed by atoms with van der Waals surface area (Å²) in [6.07, 6.45) is 2.03. The van der Waals surface area contributed by atoms with E-state index >= 15 is 0 Å². The predicted molar refractivity (Wildman–Crippen MR) is 115 cm³/mol. The van der Waals surface area contributed by atoms with Gasteiger partial charge >= 0.3 is 0 Å². The minimum atomic E-state index is -0.329. The Labute approximate surface area is 175 Å². The number of amides is 1. The van der Waals surface area contributed by atoms with Crippen molar-refractivity contribution >= 4 is 29.3 Å². The monoisotopic (exact) mass is 419 g/mol. The van der Waals surface area contributed by atoms with Crippen LogP contribution in [-0.2, 0) is 4.79 Å². The van der Waals surface area contributed by atoms with Crippen LogP contribution in [0.15, 0.2) is 47.4 Å². The van der Waals surface area contributed by atoms with Crippen LogP contribution in [0.1, 0.15) is 44.7 Å². The number of nitrogens with one attached hydrogen (secondary N) is 1. The van der Waals surface area contributed by atoms with Gasteiger partial charge < -0.3 is 14.8 Å². The minimum absolute atomic E-state index is 0.0631. The first kappa shape index (κ1) is 20.9. The average molecular weight is 420 g/mol. The minimum Gasteiger partial charge on any atom is -0.497 e. The molecule has 6 heteroatoms. The van der Waals surface area contributed by atoms with Gasteiger partial charge in [0.25, 0.3) is 0 Å². The summed E-state index contributed by atoms with van der Waals surface area (Å²) in [5.41, 5.74) is 0.645. The number of thioether (sulfide) groups is 1. The molecule has 1 aliphatic rings. The second-order valence-electron chi connectivity index (χ2n) is 7.50. The Bertz CT molecular complexity index is 823. The van der Waals surface area contributed by atoms with Crippen molar-refractivity contribution in [1.82, 2.24) is 5.32 Å². The Morgan fingerprint density at radius 3 is 2.75 bits per heavy atom. The van der Waals surface area contributed by atoms with Crippen molar-refractivity contribution in [3.63, 3.8) is 0 Å². The van der Waals surface area contributed by atoms with E-state index < -0.39 is 0 Å². The summed E-state index contributed by atoms with van der Waals surface area (Å²) < 4.78 is 11.4. The Morgan fingerprint density at radius 2 is 2.04 bits per heavy atom. The summed E-state index contributed by atoms with van der Waals surface area (Å²) in [6.45, 7) is 4.09. The molecule has 0 radical (unpaired) electrons. The molecule has 1 atom stereocenters. The molecule has 1 amide bonds. The third-order valence-electron chi connectivity index (χ3n) is 4.64. The van der Waals surface area contributed by atoms with E-state index in [9.17, 15) is 4.79 Å². The fraction of sp³-hybridized carbons (Fsp3) is 0.409. The van der Waals surface area contributed by atoms with Gasteiger partial charge in [-0.3, -0.25) is 4.79 Å². The lowest BCUT2D eigenvalue weighted by atomic mass is 9.89. The topological polar surface area (TPSA) is 47.6 Å². The van der Waals surface area contributed by atoms with Crippen molar-refractivity contribution in [3.8, 4) is 11.5 Å². The van der Waals surface area contributed by atoms with E-state index in [1.807, 2.05) is 56.3 Å². The van der Waals surface area contributed by atoms with E-state index in [1.165, 1.54) is 0 Å². The Balaban J connectivity index is 1.55. The molecule has 2 aromatic rings. The molecule has 2 aromatic carbocycles. The molecule has 0 aromatic heterocycles. The number of carbonyl (C=O) groups excluding carboxylic acids is 1. The molecule has 0 saturated heterocycles. The molecular weight excluding hydrogens is 394 g/mol. The van der Waals surface area contributed by atoms with Crippen LogP contribution in [0.25, 0.3) is 0 Å². The second kappa shape index (κ2) is 9.10. The summed E-state index contributed by atoms with van der Waals surface area (Å²) >= 11 is 7.64. The third-order valence-corrected chi connectivity index (χ3v) is 5.99. The number of methoxy groups -OCH3 is 1. The van der Waals surface area contributed by atoms with Crippen LogP contribution in [0.5, 0.6) is 11.5 Å². The Hall–Kier alpha value is -1.85. The highest BCUT2D eigenvalue weighted by Gasteiger charge is 2.34. The fourth-order valence-electron chi connectivity index (χ4n) is 3.31. The van der Waals surface area contributed by atoms with Gasteiger partial charge in [0.15, 0.2) is 0 Å². The third kappa shape index (κ3) is 5.58. The van der Waals surface area contributed by atoms with Crippen molar-refractivity contribution in [1.29, 1.82) is 0 Å². The zero-order valence-corrected chi connectivity index (χ0v) is 18.0. The van der Waals surface area contributed by atoms with Crippen molar-refractivity contribution < 1.29 is 14.3 Å². The largest absolute Gasteiger partial charge is 0.497 e. The van der Waals surface area contributed by atoms with Crippen LogP contribution >= 0.6 is 23.4 Å². The first-order chi connectivity index (χ1) is 13.4. The van der Waals surface area contributed by atoms with Crippen molar-refractivity contribution in [2.24, 2.45) is 0 Å². The smallest absolute Gasteiger partial charge is 0.220 e. The van der Waals surface area contributed by atoms with Crippen LogP contribution < -0.4 is 14.8 Å². The molecule has 1 aliphatic heterocycles. The van der Waals surface area contributed by atoms with E-state index in [0.717, 1.165) is 45.6 Å². The van der Waals surface area contributed by atoms with Gasteiger partial charge in [0.1, 0.15) is 17.1 Å². The molecule has 0 aliphatic carbocycles. The lowest BCUT2D eigenvalue weighted by molar-refractivity contribution is -0.122. The number of carbonyl (C=O) groups is 1. The molecule has 1 N–H and O–H groups in total. The molecule has 1 heterocycles. The second-order valence-corrected chi connectivity index (χ2v) is 9.10. The van der Waals surface area contributed by atoms with Crippen LogP contribution in [0, 0.1) is 0 Å². The fourth-order valence-corrected chi connectivity index (χ4v) is 4.29. The number of halogens is 1. The van der Waals surface area contributed by atoms with E-state index in [0.29, 0.717) is 6.42 Å². The van der Waals surface area contributed by atoms with Crippen LogP contribution in [0.4, 0.5) is 0 Å². The van der Waals surface area contributed by atoms with Gasteiger partial charge in [-0.25, -0.2) is 0 Å². The number of fused-ring (bicyclic) bond motifs is 1. The first-order valence-corrected chi connectivity index (χ1v) is 10.8. The van der Waals surface area contributed by atoms with Gasteiger partial charge in [-0.05, 0) is 68.5 Å². The first-order valence-electron chi connectivity index (χ1n) is 9.41. The molecule has 0 spiro atoms. The highest BCUT2D eigenvalue weighted by molar-refractivity contribution is 7.99. The van der Waals surface area contributed by atoms with E-state index in [2.05, 4.69) is 5.32 Å². The predicted octanol–water partition coefficient (Wildman–Crippen LogP) is 5.64. The van der Waals surface area contributed by atoms with E-state index in [4.69, 9.17) is 21.1 Å². The molecule has 150 valence electrons. The van der Waals surface area contributed by atoms with Crippen LogP contribution in [0.2, 0.25) is 5.02 Å². The van der Waals surface area contributed by atoms with Gasteiger partial charge in [0.05, 0.1) is 13.2 Å². The summed E-state index contributed by atoms with van der Waals surface area (Å²) in [5, 5.41) is 3.92. The van der Waals surface area contributed by atoms with Crippen molar-refractivity contribution in [3.05, 3.63) is 53.1 Å². The molecule has 0 bridgehead atoms. The Morgan fingerprint density at radius 1 is 1.29 bits per heavy atom. The van der Waals surface area contributed by atoms with Gasteiger partial charge in [-0.2, -0.15) is 0 Å². The summed E-state index contributed by atoms with van der Waals surface area (Å²) in [6, 6.07) is 13.4. The molecule has 28 heavy (non-hydrogen) atoms. The molecule has 0 fully saturated rings. The SMILES string of the molecule is COc1ccc2c(c1)C(NC(=O)CCCSc1ccc(Cl)cc1)CC(C)(C)O2. The van der Waals surface area contributed by atoms with E-state index in [1.54, 1.807) is 18.9 Å². The average Bonchev–Trinajstić information content (AvgIpc) is 2.65. The molecule has 0 saturated carbocycles. The molecule has 3 rings (SSSR count). The number of hydrogen-bond acceptors (Lipinski definition) is 4. The van der Waals surface area contributed by atoms with Gasteiger partial charge in [-0.1, -0.05) is 11.6 Å². The molecule has 4 nitrogen and oxygen atoms in total. The van der Waals surface area contributed by atoms with Gasteiger partial charge in [0, 0.05) is 28.3 Å². The lowest BCUT2D eigenvalue weighted by Crippen LogP contribution is -2.41. The maximum atomic E-state index is 12.5. The van der Waals surface area contributed by atoms with Crippen LogP contribution in [-0.4, -0.2) is 24.4 Å². The molecular formula is C22H26ClNO3S. The zero-order chi connectivity index (χ0) is 20.1. The Kier molecular flexibility index (Phi) is 6.78. The van der Waals surface area contributed by atoms with Gasteiger partial charge in [0.2, 0.25) is 5.91 Å². The molecule has 1 unspecified atom stereocenters. The number of ether oxygens (including phenoxy) is 2. The standard InChI is InChI=1S/C22H26ClNO3S/c1-22(2)14-19(18-13-16(26-3)8-11-20(18)27-22)24-21(25)5-4-12-28-17-9-6-15(23)7-10-17/h6-11,13,19H,4-5,12,14H2,1-3H3,(H,24,25). The number of rotatable bonds is 7. The quantitative estimate of drug-likeness (QED) is 0.466. The number of hydrogen-bond donors (Lipinski definition) is 1. The summed E-state index contributed by atoms with van der Waals surface area (Å²) in [4.78, 5) is 13.7. The summed E-state index contributed by atoms with van der Waals surface area (Å²) in [5.74, 6) is 2.52. The number of benzene rings is 2. The maximum absolute atomic E-state index is 12.5. The van der Waals surface area contributed by atoms with Crippen molar-refractivity contribution in [2.45, 2.75) is 49.6 Å². The maximum Gasteiger partial charge on any atom is 0.220 e. The highest BCUT2D eigenvalue weighted by Crippen LogP contribution is 2.41.